The Morgan fingerprint density at radius 2 is 2.00 bits per heavy atom. The van der Waals surface area contributed by atoms with Gasteiger partial charge in [0.15, 0.2) is 0 Å². The number of unbranched alkanes of at least 4 members (excludes halogenated alkanes) is 1. The fraction of sp³-hybridized carbons (Fsp3) is 1.00. The molecule has 2 aliphatic rings. The summed E-state index contributed by atoms with van der Waals surface area (Å²) in [4.78, 5) is 2.60. The molecule has 1 saturated heterocycles. The van der Waals surface area contributed by atoms with Crippen LogP contribution in [0.25, 0.3) is 0 Å². The van der Waals surface area contributed by atoms with E-state index in [2.05, 4.69) is 17.1 Å². The lowest BCUT2D eigenvalue weighted by Crippen LogP contribution is -2.61. The third-order valence-electron chi connectivity index (χ3n) is 4.46. The second-order valence-electron chi connectivity index (χ2n) is 6.01. The van der Waals surface area contributed by atoms with Gasteiger partial charge in [0.25, 0.3) is 0 Å². The maximum absolute atomic E-state index is 5.69. The van der Waals surface area contributed by atoms with Gasteiger partial charge in [0, 0.05) is 38.3 Å². The Kier molecular flexibility index (Phi) is 5.93. The van der Waals surface area contributed by atoms with Gasteiger partial charge in [-0.15, -0.1) is 0 Å². The van der Waals surface area contributed by atoms with E-state index in [0.29, 0.717) is 5.54 Å². The fourth-order valence-electron chi connectivity index (χ4n) is 3.34. The summed E-state index contributed by atoms with van der Waals surface area (Å²) in [6, 6.07) is 0. The van der Waals surface area contributed by atoms with Crippen LogP contribution in [0, 0.1) is 0 Å². The Hall–Kier alpha value is -0.120. The Labute approximate surface area is 112 Å². The van der Waals surface area contributed by atoms with Crippen molar-refractivity contribution in [3.63, 3.8) is 0 Å². The molecular weight excluding hydrogens is 224 g/mol. The molecule has 106 valence electrons. The van der Waals surface area contributed by atoms with Crippen LogP contribution in [0.2, 0.25) is 0 Å². The van der Waals surface area contributed by atoms with Gasteiger partial charge in [-0.05, 0) is 19.3 Å². The minimum absolute atomic E-state index is 0.444. The quantitative estimate of drug-likeness (QED) is 0.737. The van der Waals surface area contributed by atoms with Crippen molar-refractivity contribution in [2.75, 3.05) is 39.4 Å². The van der Waals surface area contributed by atoms with E-state index in [4.69, 9.17) is 4.74 Å². The summed E-state index contributed by atoms with van der Waals surface area (Å²) in [7, 11) is 0. The maximum atomic E-state index is 5.69. The van der Waals surface area contributed by atoms with Crippen LogP contribution < -0.4 is 5.32 Å². The highest BCUT2D eigenvalue weighted by Gasteiger charge is 2.35. The molecule has 3 nitrogen and oxygen atoms in total. The van der Waals surface area contributed by atoms with Gasteiger partial charge in [0.2, 0.25) is 0 Å². The predicted molar refractivity (Wildman–Crippen MR) is 76.0 cm³/mol. The molecule has 0 bridgehead atoms. The highest BCUT2D eigenvalue weighted by Crippen LogP contribution is 2.30. The molecule has 0 atom stereocenters. The Morgan fingerprint density at radius 3 is 2.78 bits per heavy atom. The molecule has 2 fully saturated rings. The summed E-state index contributed by atoms with van der Waals surface area (Å²) >= 11 is 0. The summed E-state index contributed by atoms with van der Waals surface area (Å²) < 4.78 is 5.69. The number of nitrogens with zero attached hydrogens (tertiary/aromatic N) is 1. The molecule has 0 aromatic carbocycles. The number of hydrogen-bond donors (Lipinski definition) is 1. The zero-order chi connectivity index (χ0) is 12.7. The van der Waals surface area contributed by atoms with E-state index in [9.17, 15) is 0 Å². The van der Waals surface area contributed by atoms with Crippen LogP contribution in [0.4, 0.5) is 0 Å². The topological polar surface area (TPSA) is 24.5 Å². The number of rotatable bonds is 6. The number of hydrogen-bond acceptors (Lipinski definition) is 3. The molecule has 1 aliphatic carbocycles. The SMILES string of the molecule is CCCCOCCN1CCNC2(CCCCC2)C1. The average molecular weight is 254 g/mol. The Balaban J connectivity index is 1.66. The highest BCUT2D eigenvalue weighted by molar-refractivity contribution is 4.96. The van der Waals surface area contributed by atoms with Gasteiger partial charge in [-0.25, -0.2) is 0 Å². The normalized spacial score (nSPS) is 24.5. The Bertz CT molecular complexity index is 221. The lowest BCUT2D eigenvalue weighted by atomic mass is 9.80. The van der Waals surface area contributed by atoms with Crippen molar-refractivity contribution in [3.05, 3.63) is 0 Å². The molecule has 3 heteroatoms. The van der Waals surface area contributed by atoms with Gasteiger partial charge in [-0.2, -0.15) is 0 Å². The fourth-order valence-corrected chi connectivity index (χ4v) is 3.34. The van der Waals surface area contributed by atoms with Gasteiger partial charge in [-0.1, -0.05) is 32.6 Å². The minimum atomic E-state index is 0.444. The number of nitrogens with one attached hydrogen (secondary N) is 1. The molecule has 0 aromatic rings. The van der Waals surface area contributed by atoms with Crippen LogP contribution in [0.3, 0.4) is 0 Å². The van der Waals surface area contributed by atoms with E-state index in [1.54, 1.807) is 0 Å². The minimum Gasteiger partial charge on any atom is -0.380 e. The van der Waals surface area contributed by atoms with Crippen LogP contribution in [-0.4, -0.2) is 49.8 Å². The average Bonchev–Trinajstić information content (AvgIpc) is 2.40. The second kappa shape index (κ2) is 7.46. The zero-order valence-electron chi connectivity index (χ0n) is 12.0. The summed E-state index contributed by atoms with van der Waals surface area (Å²) in [6.45, 7) is 8.78. The molecule has 1 spiro atoms. The zero-order valence-corrected chi connectivity index (χ0v) is 12.0. The van der Waals surface area contributed by atoms with Gasteiger partial charge < -0.3 is 10.1 Å². The molecule has 0 amide bonds. The first-order valence-electron chi connectivity index (χ1n) is 7.90. The van der Waals surface area contributed by atoms with E-state index in [0.717, 1.165) is 26.3 Å². The third-order valence-corrected chi connectivity index (χ3v) is 4.46. The van der Waals surface area contributed by atoms with Crippen molar-refractivity contribution >= 4 is 0 Å². The number of ether oxygens (including phenoxy) is 1. The van der Waals surface area contributed by atoms with Gasteiger partial charge in [-0.3, -0.25) is 4.90 Å². The third kappa shape index (κ3) is 4.22. The molecule has 0 radical (unpaired) electrons. The van der Waals surface area contributed by atoms with Crippen molar-refractivity contribution < 1.29 is 4.74 Å². The van der Waals surface area contributed by atoms with Crippen LogP contribution in [0.1, 0.15) is 51.9 Å². The molecule has 0 unspecified atom stereocenters. The first-order valence-corrected chi connectivity index (χ1v) is 7.90. The molecule has 1 heterocycles. The van der Waals surface area contributed by atoms with E-state index in [-0.39, 0.29) is 0 Å². The maximum Gasteiger partial charge on any atom is 0.0593 e. The van der Waals surface area contributed by atoms with E-state index >= 15 is 0 Å². The van der Waals surface area contributed by atoms with Crippen LogP contribution in [0.5, 0.6) is 0 Å². The second-order valence-corrected chi connectivity index (χ2v) is 6.01. The summed E-state index contributed by atoms with van der Waals surface area (Å²) in [5, 5.41) is 3.79. The first kappa shape index (κ1) is 14.3. The highest BCUT2D eigenvalue weighted by atomic mass is 16.5. The molecule has 1 saturated carbocycles. The molecule has 0 aromatic heterocycles. The summed E-state index contributed by atoms with van der Waals surface area (Å²) in [5.74, 6) is 0. The van der Waals surface area contributed by atoms with E-state index in [1.165, 1.54) is 58.0 Å². The van der Waals surface area contributed by atoms with Crippen molar-refractivity contribution in [1.29, 1.82) is 0 Å². The van der Waals surface area contributed by atoms with Crippen LogP contribution in [0.15, 0.2) is 0 Å². The Morgan fingerprint density at radius 1 is 1.17 bits per heavy atom. The van der Waals surface area contributed by atoms with E-state index < -0.39 is 0 Å². The van der Waals surface area contributed by atoms with Crippen molar-refractivity contribution in [3.8, 4) is 0 Å². The largest absolute Gasteiger partial charge is 0.380 e. The van der Waals surface area contributed by atoms with Gasteiger partial charge in [0.1, 0.15) is 0 Å². The van der Waals surface area contributed by atoms with Crippen molar-refractivity contribution in [2.24, 2.45) is 0 Å². The molecular formula is C15H30N2O. The van der Waals surface area contributed by atoms with Gasteiger partial charge in [0.05, 0.1) is 6.61 Å². The van der Waals surface area contributed by atoms with Crippen LogP contribution in [-0.2, 0) is 4.74 Å². The monoisotopic (exact) mass is 254 g/mol. The molecule has 1 N–H and O–H groups in total. The standard InChI is InChI=1S/C15H30N2O/c1-2-3-12-18-13-11-17-10-9-16-15(14-17)7-5-4-6-8-15/h16H,2-14H2,1H3. The predicted octanol–water partition coefficient (Wildman–Crippen LogP) is 2.41. The molecule has 1 aliphatic heterocycles. The van der Waals surface area contributed by atoms with Crippen molar-refractivity contribution in [1.82, 2.24) is 10.2 Å². The molecule has 2 rings (SSSR count). The first-order chi connectivity index (χ1) is 8.85. The summed E-state index contributed by atoms with van der Waals surface area (Å²) in [6.07, 6.45) is 9.44. The van der Waals surface area contributed by atoms with E-state index in [1.807, 2.05) is 0 Å². The number of piperazine rings is 1. The lowest BCUT2D eigenvalue weighted by molar-refractivity contribution is 0.0589. The lowest BCUT2D eigenvalue weighted by Gasteiger charge is -2.46. The summed E-state index contributed by atoms with van der Waals surface area (Å²) in [5.41, 5.74) is 0.444. The molecule has 18 heavy (non-hydrogen) atoms. The van der Waals surface area contributed by atoms with Gasteiger partial charge >= 0.3 is 0 Å². The van der Waals surface area contributed by atoms with Crippen molar-refractivity contribution in [2.45, 2.75) is 57.4 Å². The van der Waals surface area contributed by atoms with Crippen LogP contribution >= 0.6 is 0 Å². The smallest absolute Gasteiger partial charge is 0.0593 e.